The van der Waals surface area contributed by atoms with Crippen molar-refractivity contribution in [2.24, 2.45) is 5.92 Å². The molecule has 1 fully saturated rings. The van der Waals surface area contributed by atoms with E-state index < -0.39 is 21.9 Å². The van der Waals surface area contributed by atoms with Crippen LogP contribution in [0.25, 0.3) is 0 Å². The van der Waals surface area contributed by atoms with E-state index in [4.69, 9.17) is 0 Å². The van der Waals surface area contributed by atoms with Gasteiger partial charge in [-0.3, -0.25) is 14.3 Å². The molecule has 1 heterocycles. The number of nitrogens with one attached hydrogen (secondary N) is 1. The first-order valence-corrected chi connectivity index (χ1v) is 10.0. The van der Waals surface area contributed by atoms with Crippen molar-refractivity contribution < 1.29 is 23.1 Å². The third-order valence-corrected chi connectivity index (χ3v) is 5.87. The van der Waals surface area contributed by atoms with Crippen LogP contribution in [0.4, 0.5) is 5.69 Å². The normalized spacial score (nSPS) is 17.3. The van der Waals surface area contributed by atoms with Gasteiger partial charge in [-0.15, -0.1) is 0 Å². The van der Waals surface area contributed by atoms with Crippen LogP contribution in [-0.4, -0.2) is 43.4 Å². The minimum Gasteiger partial charge on any atom is -0.481 e. The monoisotopic (exact) mass is 388 g/mol. The summed E-state index contributed by atoms with van der Waals surface area (Å²) in [4.78, 5) is 25.5. The summed E-state index contributed by atoms with van der Waals surface area (Å²) in [7, 11) is -3.75. The van der Waals surface area contributed by atoms with E-state index in [1.165, 1.54) is 23.1 Å². The number of nitrogens with zero attached hydrogens (tertiary/aromatic N) is 1. The third-order valence-electron chi connectivity index (χ3n) is 4.47. The van der Waals surface area contributed by atoms with Gasteiger partial charge in [0.1, 0.15) is 0 Å². The fraction of sp³-hybridized carbons (Fsp3) is 0.263. The van der Waals surface area contributed by atoms with E-state index >= 15 is 0 Å². The summed E-state index contributed by atoms with van der Waals surface area (Å²) in [5, 5.41) is 9.17. The fourth-order valence-electron chi connectivity index (χ4n) is 3.08. The van der Waals surface area contributed by atoms with Crippen molar-refractivity contribution in [1.29, 1.82) is 0 Å². The van der Waals surface area contributed by atoms with Crippen LogP contribution < -0.4 is 4.72 Å². The second-order valence-corrected chi connectivity index (χ2v) is 8.11. The Balaban J connectivity index is 1.77. The van der Waals surface area contributed by atoms with Crippen LogP contribution >= 0.6 is 0 Å². The Bertz CT molecular complexity index is 944. The molecule has 1 atom stereocenters. The lowest BCUT2D eigenvalue weighted by molar-refractivity contribution is -0.143. The van der Waals surface area contributed by atoms with Crippen LogP contribution in [0.3, 0.4) is 0 Å². The molecule has 7 nitrogen and oxygen atoms in total. The van der Waals surface area contributed by atoms with Gasteiger partial charge in [-0.2, -0.15) is 0 Å². The van der Waals surface area contributed by atoms with Crippen molar-refractivity contribution in [3.63, 3.8) is 0 Å². The SMILES string of the molecule is O=C(O)[C@H]1CCCN(C(=O)c2cccc(NS(=O)(=O)c3ccccc3)c2)C1. The quantitative estimate of drug-likeness (QED) is 0.819. The number of carboxylic acids is 1. The molecule has 0 saturated carbocycles. The Morgan fingerprint density at radius 3 is 2.52 bits per heavy atom. The van der Waals surface area contributed by atoms with Crippen LogP contribution in [-0.2, 0) is 14.8 Å². The van der Waals surface area contributed by atoms with Gasteiger partial charge in [-0.05, 0) is 43.2 Å². The summed E-state index contributed by atoms with van der Waals surface area (Å²) in [6.45, 7) is 0.650. The Morgan fingerprint density at radius 1 is 1.07 bits per heavy atom. The second kappa shape index (κ2) is 7.79. The molecule has 0 aliphatic carbocycles. The number of benzene rings is 2. The molecule has 0 spiro atoms. The molecule has 0 aromatic heterocycles. The maximum atomic E-state index is 12.7. The molecular weight excluding hydrogens is 368 g/mol. The van der Waals surface area contributed by atoms with Crippen molar-refractivity contribution in [3.05, 3.63) is 60.2 Å². The maximum absolute atomic E-state index is 12.7. The number of piperidine rings is 1. The highest BCUT2D eigenvalue weighted by molar-refractivity contribution is 7.92. The van der Waals surface area contributed by atoms with Crippen LogP contribution in [0.5, 0.6) is 0 Å². The number of amides is 1. The third kappa shape index (κ3) is 4.46. The van der Waals surface area contributed by atoms with Crippen molar-refractivity contribution >= 4 is 27.6 Å². The first-order chi connectivity index (χ1) is 12.9. The van der Waals surface area contributed by atoms with Crippen molar-refractivity contribution in [2.75, 3.05) is 17.8 Å². The van der Waals surface area contributed by atoms with Gasteiger partial charge < -0.3 is 10.0 Å². The summed E-state index contributed by atoms with van der Waals surface area (Å²) in [6.07, 6.45) is 1.18. The Kier molecular flexibility index (Phi) is 5.46. The molecule has 1 aliphatic rings. The zero-order valence-corrected chi connectivity index (χ0v) is 15.4. The zero-order chi connectivity index (χ0) is 19.4. The molecule has 1 saturated heterocycles. The van der Waals surface area contributed by atoms with E-state index in [2.05, 4.69) is 4.72 Å². The Hall–Kier alpha value is -2.87. The summed E-state index contributed by atoms with van der Waals surface area (Å²) in [6, 6.07) is 14.2. The standard InChI is InChI=1S/C19H20N2O5S/c22-18(21-11-5-7-15(13-21)19(23)24)14-6-4-8-16(12-14)20-27(25,26)17-9-2-1-3-10-17/h1-4,6,8-10,12,15,20H,5,7,11,13H2,(H,23,24)/t15-/m0/s1. The number of hydrogen-bond donors (Lipinski definition) is 2. The van der Waals surface area contributed by atoms with Crippen LogP contribution in [0.2, 0.25) is 0 Å². The lowest BCUT2D eigenvalue weighted by Gasteiger charge is -2.30. The summed E-state index contributed by atoms with van der Waals surface area (Å²) < 4.78 is 27.3. The molecule has 8 heteroatoms. The highest BCUT2D eigenvalue weighted by Crippen LogP contribution is 2.21. The topological polar surface area (TPSA) is 104 Å². The van der Waals surface area contributed by atoms with E-state index in [9.17, 15) is 23.1 Å². The Labute approximate surface area is 157 Å². The number of carbonyl (C=O) groups is 2. The number of carbonyl (C=O) groups excluding carboxylic acids is 1. The van der Waals surface area contributed by atoms with Crippen molar-refractivity contribution in [2.45, 2.75) is 17.7 Å². The molecule has 3 rings (SSSR count). The molecular formula is C19H20N2O5S. The molecule has 0 unspecified atom stereocenters. The van der Waals surface area contributed by atoms with Gasteiger partial charge in [0, 0.05) is 24.3 Å². The molecule has 2 aromatic carbocycles. The average molecular weight is 388 g/mol. The summed E-state index contributed by atoms with van der Waals surface area (Å²) in [5.41, 5.74) is 0.589. The highest BCUT2D eigenvalue weighted by atomic mass is 32.2. The predicted molar refractivity (Wildman–Crippen MR) is 100.0 cm³/mol. The largest absolute Gasteiger partial charge is 0.481 e. The number of hydrogen-bond acceptors (Lipinski definition) is 4. The van der Waals surface area contributed by atoms with Crippen molar-refractivity contribution in [3.8, 4) is 0 Å². The number of carboxylic acid groups (broad SMARTS) is 1. The average Bonchev–Trinajstić information content (AvgIpc) is 2.68. The number of rotatable bonds is 5. The number of sulfonamides is 1. The van der Waals surface area contributed by atoms with Crippen LogP contribution in [0, 0.1) is 5.92 Å². The molecule has 27 heavy (non-hydrogen) atoms. The van der Waals surface area contributed by atoms with E-state index in [-0.39, 0.29) is 23.0 Å². The molecule has 2 aromatic rings. The van der Waals surface area contributed by atoms with Gasteiger partial charge in [0.05, 0.1) is 10.8 Å². The van der Waals surface area contributed by atoms with Gasteiger partial charge in [-0.25, -0.2) is 8.42 Å². The second-order valence-electron chi connectivity index (χ2n) is 6.43. The van der Waals surface area contributed by atoms with Crippen LogP contribution in [0.15, 0.2) is 59.5 Å². The number of likely N-dealkylation sites (tertiary alicyclic amines) is 1. The molecule has 1 amide bonds. The molecule has 1 aliphatic heterocycles. The minimum absolute atomic E-state index is 0.127. The highest BCUT2D eigenvalue weighted by Gasteiger charge is 2.28. The molecule has 2 N–H and O–H groups in total. The smallest absolute Gasteiger partial charge is 0.308 e. The lowest BCUT2D eigenvalue weighted by Crippen LogP contribution is -2.42. The molecule has 142 valence electrons. The van der Waals surface area contributed by atoms with E-state index in [0.29, 0.717) is 24.9 Å². The lowest BCUT2D eigenvalue weighted by atomic mass is 9.97. The van der Waals surface area contributed by atoms with Gasteiger partial charge in [-0.1, -0.05) is 24.3 Å². The fourth-order valence-corrected chi connectivity index (χ4v) is 4.15. The minimum atomic E-state index is -3.75. The zero-order valence-electron chi connectivity index (χ0n) is 14.5. The van der Waals surface area contributed by atoms with Gasteiger partial charge in [0.2, 0.25) is 0 Å². The number of anilines is 1. The van der Waals surface area contributed by atoms with E-state index in [1.807, 2.05) is 0 Å². The van der Waals surface area contributed by atoms with Gasteiger partial charge in [0.25, 0.3) is 15.9 Å². The summed E-state index contributed by atoms with van der Waals surface area (Å²) in [5.74, 6) is -1.78. The van der Waals surface area contributed by atoms with Crippen molar-refractivity contribution in [1.82, 2.24) is 4.90 Å². The van der Waals surface area contributed by atoms with Gasteiger partial charge >= 0.3 is 5.97 Å². The first kappa shape index (κ1) is 18.9. The van der Waals surface area contributed by atoms with Crippen LogP contribution in [0.1, 0.15) is 23.2 Å². The summed E-state index contributed by atoms with van der Waals surface area (Å²) >= 11 is 0. The molecule has 0 bridgehead atoms. The first-order valence-electron chi connectivity index (χ1n) is 8.57. The van der Waals surface area contributed by atoms with E-state index in [1.54, 1.807) is 36.4 Å². The Morgan fingerprint density at radius 2 is 1.81 bits per heavy atom. The predicted octanol–water partition coefficient (Wildman–Crippen LogP) is 2.42. The maximum Gasteiger partial charge on any atom is 0.308 e. The molecule has 0 radical (unpaired) electrons. The van der Waals surface area contributed by atoms with Gasteiger partial charge in [0.15, 0.2) is 0 Å². The van der Waals surface area contributed by atoms with E-state index in [0.717, 1.165) is 0 Å². The number of aliphatic carboxylic acids is 1.